The summed E-state index contributed by atoms with van der Waals surface area (Å²) in [5.41, 5.74) is 3.06. The summed E-state index contributed by atoms with van der Waals surface area (Å²) in [5, 5.41) is 18.8. The summed E-state index contributed by atoms with van der Waals surface area (Å²) in [6, 6.07) is 5.01. The minimum absolute atomic E-state index is 0.0627. The third-order valence-corrected chi connectivity index (χ3v) is 10.3. The zero-order chi connectivity index (χ0) is 39.2. The van der Waals surface area contributed by atoms with Crippen LogP contribution in [0.15, 0.2) is 30.3 Å². The summed E-state index contributed by atoms with van der Waals surface area (Å²) in [5.74, 6) is -5.35. The largest absolute Gasteiger partial charge is 0.480 e. The molecule has 5 atom stereocenters. The Morgan fingerprint density at radius 2 is 1.66 bits per heavy atom. The number of benzene rings is 1. The highest BCUT2D eigenvalue weighted by molar-refractivity contribution is 7.98. The molecule has 0 bridgehead atoms. The minimum atomic E-state index is -1.24. The van der Waals surface area contributed by atoms with Crippen molar-refractivity contribution < 1.29 is 43.5 Å². The summed E-state index contributed by atoms with van der Waals surface area (Å²) in [7, 11) is 0. The van der Waals surface area contributed by atoms with Crippen molar-refractivity contribution in [3.8, 4) is 0 Å². The van der Waals surface area contributed by atoms with Gasteiger partial charge in [0.05, 0.1) is 12.6 Å². The fourth-order valence-corrected chi connectivity index (χ4v) is 7.20. The van der Waals surface area contributed by atoms with Gasteiger partial charge in [-0.05, 0) is 74.2 Å². The van der Waals surface area contributed by atoms with E-state index < -0.39 is 66.7 Å². The quantitative estimate of drug-likeness (QED) is 0.123. The third kappa shape index (κ3) is 12.8. The van der Waals surface area contributed by atoms with Crippen LogP contribution in [-0.2, 0) is 44.8 Å². The molecule has 1 aliphatic heterocycles. The molecular weight excluding hydrogens is 703 g/mol. The van der Waals surface area contributed by atoms with E-state index >= 15 is 0 Å². The minimum Gasteiger partial charge on any atom is -0.480 e. The van der Waals surface area contributed by atoms with E-state index in [1.165, 1.54) is 18.7 Å². The number of allylic oxidation sites excluding steroid dienone is 1. The maximum Gasteiger partial charge on any atom is 0.322 e. The summed E-state index contributed by atoms with van der Waals surface area (Å²) >= 11 is 1.57. The van der Waals surface area contributed by atoms with Crippen LogP contribution in [-0.4, -0.2) is 107 Å². The lowest BCUT2D eigenvalue weighted by Crippen LogP contribution is -2.52. The van der Waals surface area contributed by atoms with Gasteiger partial charge in [-0.3, -0.25) is 33.6 Å². The Morgan fingerprint density at radius 3 is 2.32 bits per heavy atom. The van der Waals surface area contributed by atoms with E-state index in [0.717, 1.165) is 16.7 Å². The van der Waals surface area contributed by atoms with Gasteiger partial charge in [0.1, 0.15) is 24.4 Å². The average molecular weight is 756 g/mol. The summed E-state index contributed by atoms with van der Waals surface area (Å²) in [6.45, 7) is 5.68. The molecule has 2 aliphatic rings. The number of ketones is 2. The lowest BCUT2D eigenvalue weighted by Gasteiger charge is -2.31. The smallest absolute Gasteiger partial charge is 0.322 e. The number of likely N-dealkylation sites (tertiary alicyclic amines) is 1. The Morgan fingerprint density at radius 1 is 0.943 bits per heavy atom. The Balaban J connectivity index is 1.73. The Kier molecular flexibility index (Phi) is 16.7. The number of aliphatic carboxylic acids is 1. The molecular formula is C38H53N5O9S. The number of Topliss-reactive ketones (excluding diaryl/α,β-unsaturated/α-hetero) is 2. The van der Waals surface area contributed by atoms with Crippen molar-refractivity contribution in [2.24, 2.45) is 17.8 Å². The molecule has 1 aliphatic carbocycles. The zero-order valence-electron chi connectivity index (χ0n) is 31.2. The van der Waals surface area contributed by atoms with E-state index in [9.17, 15) is 38.4 Å². The number of nitrogens with one attached hydrogen (secondary N) is 4. The highest BCUT2D eigenvalue weighted by Gasteiger charge is 2.40. The number of carbonyl (C=O) groups excluding carboxylic acids is 7. The number of nitrogens with zero attached hydrogens (tertiary/aromatic N) is 1. The fraction of sp³-hybridized carbons (Fsp3) is 0.579. The molecule has 0 saturated carbocycles. The number of amides is 5. The SMILES string of the molecule is CSCC[C@H](CC(C)=O)C(=O)N[C@@H](CC1=CCc2ccccc21)C(=O)C[C@H](C(=O)N1CCC[C@H]1C(=O)NCC(=O)N[C@@H](C)C(=O)NCC(=O)O)C(C)C. The number of carbonyl (C=O) groups is 8. The average Bonchev–Trinajstić information content (AvgIpc) is 3.77. The highest BCUT2D eigenvalue weighted by atomic mass is 32.2. The fourth-order valence-electron chi connectivity index (χ4n) is 6.68. The Bertz CT molecular complexity index is 1580. The number of rotatable bonds is 21. The number of hydrogen-bond acceptors (Lipinski definition) is 9. The van der Waals surface area contributed by atoms with Crippen molar-refractivity contribution in [3.05, 3.63) is 41.5 Å². The van der Waals surface area contributed by atoms with Crippen LogP contribution in [0, 0.1) is 17.8 Å². The molecule has 53 heavy (non-hydrogen) atoms. The van der Waals surface area contributed by atoms with Gasteiger partial charge in [0.2, 0.25) is 29.5 Å². The standard InChI is InChI=1S/C38H53N5O9S/c1-22(2)29(38(52)43-15-8-11-31(43)37(51)39-20-33(46)41-24(4)35(49)40-21-34(47)48)19-32(45)30(18-26-13-12-25-9-6-7-10-28(25)26)42-36(50)27(14-16-53-5)17-23(3)44/h6-7,9-10,13,22,24,27,29-31H,8,11-12,14-21H2,1-5H3,(H,39,51)(H,40,49)(H,41,46)(H,42,50)(H,47,48)/t24-,27+,29-,30-,31-/m0/s1. The Hall–Kier alpha value is -4.53. The van der Waals surface area contributed by atoms with E-state index in [2.05, 4.69) is 21.3 Å². The maximum absolute atomic E-state index is 14.2. The first kappa shape index (κ1) is 42.9. The van der Waals surface area contributed by atoms with Crippen LogP contribution >= 0.6 is 11.8 Å². The predicted molar refractivity (Wildman–Crippen MR) is 200 cm³/mol. The molecule has 1 heterocycles. The van der Waals surface area contributed by atoms with Crippen LogP contribution in [0.2, 0.25) is 0 Å². The molecule has 0 aromatic heterocycles. The number of carboxylic acids is 1. The molecule has 1 fully saturated rings. The molecule has 1 aromatic carbocycles. The highest BCUT2D eigenvalue weighted by Crippen LogP contribution is 2.32. The van der Waals surface area contributed by atoms with Crippen molar-refractivity contribution in [3.63, 3.8) is 0 Å². The van der Waals surface area contributed by atoms with Gasteiger partial charge in [0.15, 0.2) is 5.78 Å². The van der Waals surface area contributed by atoms with E-state index in [1.807, 2.05) is 50.4 Å². The molecule has 1 saturated heterocycles. The number of thioether (sulfide) groups is 1. The summed E-state index contributed by atoms with van der Waals surface area (Å²) < 4.78 is 0. The van der Waals surface area contributed by atoms with Crippen molar-refractivity contribution in [1.82, 2.24) is 26.2 Å². The maximum atomic E-state index is 14.2. The second kappa shape index (κ2) is 20.6. The lowest BCUT2D eigenvalue weighted by atomic mass is 9.85. The molecule has 3 rings (SSSR count). The Labute approximate surface area is 315 Å². The number of fused-ring (bicyclic) bond motifs is 1. The molecule has 0 spiro atoms. The van der Waals surface area contributed by atoms with Gasteiger partial charge in [-0.25, -0.2) is 0 Å². The first-order valence-corrected chi connectivity index (χ1v) is 19.5. The molecule has 290 valence electrons. The third-order valence-electron chi connectivity index (χ3n) is 9.63. The summed E-state index contributed by atoms with van der Waals surface area (Å²) in [6.07, 6.45) is 6.16. The van der Waals surface area contributed by atoms with Gasteiger partial charge < -0.3 is 36.1 Å². The van der Waals surface area contributed by atoms with Crippen molar-refractivity contribution in [2.75, 3.05) is 31.6 Å². The number of hydrogen-bond donors (Lipinski definition) is 5. The van der Waals surface area contributed by atoms with Gasteiger partial charge in [-0.1, -0.05) is 44.2 Å². The van der Waals surface area contributed by atoms with Crippen LogP contribution < -0.4 is 21.3 Å². The first-order valence-electron chi connectivity index (χ1n) is 18.1. The van der Waals surface area contributed by atoms with E-state index in [0.29, 0.717) is 31.4 Å². The van der Waals surface area contributed by atoms with Gasteiger partial charge in [0.25, 0.3) is 0 Å². The van der Waals surface area contributed by atoms with Crippen LogP contribution in [0.4, 0.5) is 0 Å². The lowest BCUT2D eigenvalue weighted by molar-refractivity contribution is -0.144. The van der Waals surface area contributed by atoms with Crippen LogP contribution in [0.1, 0.15) is 77.3 Å². The molecule has 14 nitrogen and oxygen atoms in total. The summed E-state index contributed by atoms with van der Waals surface area (Å²) in [4.78, 5) is 104. The van der Waals surface area contributed by atoms with Gasteiger partial charge >= 0.3 is 5.97 Å². The topological polar surface area (TPSA) is 208 Å². The first-order chi connectivity index (χ1) is 25.1. The van der Waals surface area contributed by atoms with E-state index in [-0.39, 0.29) is 55.1 Å². The second-order valence-corrected chi connectivity index (χ2v) is 15.1. The molecule has 0 unspecified atom stereocenters. The van der Waals surface area contributed by atoms with E-state index in [1.54, 1.807) is 11.8 Å². The van der Waals surface area contributed by atoms with Crippen molar-refractivity contribution >= 4 is 64.4 Å². The van der Waals surface area contributed by atoms with Crippen LogP contribution in [0.5, 0.6) is 0 Å². The van der Waals surface area contributed by atoms with Gasteiger partial charge in [-0.2, -0.15) is 11.8 Å². The van der Waals surface area contributed by atoms with Crippen molar-refractivity contribution in [1.29, 1.82) is 0 Å². The van der Waals surface area contributed by atoms with Gasteiger partial charge in [-0.15, -0.1) is 0 Å². The second-order valence-electron chi connectivity index (χ2n) is 14.1. The molecule has 5 amide bonds. The van der Waals surface area contributed by atoms with E-state index in [4.69, 9.17) is 5.11 Å². The molecule has 5 N–H and O–H groups in total. The molecule has 0 radical (unpaired) electrons. The molecule has 1 aromatic rings. The monoisotopic (exact) mass is 755 g/mol. The van der Waals surface area contributed by atoms with Crippen LogP contribution in [0.25, 0.3) is 5.57 Å². The zero-order valence-corrected chi connectivity index (χ0v) is 32.0. The predicted octanol–water partition coefficient (Wildman–Crippen LogP) is 1.89. The van der Waals surface area contributed by atoms with Crippen LogP contribution in [0.3, 0.4) is 0 Å². The number of carboxylic acid groups (broad SMARTS) is 1. The normalized spacial score (nSPS) is 17.1. The van der Waals surface area contributed by atoms with Crippen molar-refractivity contribution in [2.45, 2.75) is 90.8 Å². The molecule has 15 heteroatoms. The van der Waals surface area contributed by atoms with Gasteiger partial charge in [0, 0.05) is 37.6 Å².